The quantitative estimate of drug-likeness (QED) is 0.543. The molecule has 1 atom stereocenters. The lowest BCUT2D eigenvalue weighted by Crippen LogP contribution is -2.41. The van der Waals surface area contributed by atoms with Crippen molar-refractivity contribution >= 4 is 15.4 Å². The first-order valence-electron chi connectivity index (χ1n) is 7.63. The van der Waals surface area contributed by atoms with Gasteiger partial charge in [-0.05, 0) is 38.5 Å². The van der Waals surface area contributed by atoms with Crippen LogP contribution in [0.25, 0.3) is 0 Å². The molecule has 0 radical (unpaired) electrons. The van der Waals surface area contributed by atoms with Gasteiger partial charge >= 0.3 is 0 Å². The van der Waals surface area contributed by atoms with Gasteiger partial charge in [-0.3, -0.25) is 4.79 Å². The fourth-order valence-corrected chi connectivity index (χ4v) is 4.18. The van der Waals surface area contributed by atoms with E-state index in [-0.39, 0.29) is 20.7 Å². The van der Waals surface area contributed by atoms with Crippen LogP contribution < -0.4 is 5.32 Å². The third kappa shape index (κ3) is 5.53. The molecule has 106 valence electrons. The zero-order chi connectivity index (χ0) is 13.3. The van der Waals surface area contributed by atoms with Crippen molar-refractivity contribution in [3.05, 3.63) is 0 Å². The van der Waals surface area contributed by atoms with Crippen LogP contribution in [0.15, 0.2) is 0 Å². The molecule has 1 aliphatic heterocycles. The monoisotopic (exact) mass is 271 g/mol. The zero-order valence-corrected chi connectivity index (χ0v) is 13.5. The minimum absolute atomic E-state index is 0.157. The maximum atomic E-state index is 11.6. The van der Waals surface area contributed by atoms with Crippen LogP contribution in [0.4, 0.5) is 0 Å². The maximum absolute atomic E-state index is 11.6. The Morgan fingerprint density at radius 1 is 1.39 bits per heavy atom. The summed E-state index contributed by atoms with van der Waals surface area (Å²) in [6, 6.07) is 0. The molecular weight excluding hydrogens is 242 g/mol. The van der Waals surface area contributed by atoms with E-state index < -0.39 is 0 Å². The molecule has 1 amide bonds. The Kier molecular flexibility index (Phi) is 7.59. The van der Waals surface area contributed by atoms with E-state index in [4.69, 9.17) is 4.74 Å². The van der Waals surface area contributed by atoms with Gasteiger partial charge in [-0.15, -0.1) is 0 Å². The summed E-state index contributed by atoms with van der Waals surface area (Å²) < 4.78 is 6.03. The first kappa shape index (κ1) is 15.7. The molecule has 1 aliphatic rings. The van der Waals surface area contributed by atoms with E-state index in [1.54, 1.807) is 0 Å². The third-order valence-electron chi connectivity index (χ3n) is 3.97. The van der Waals surface area contributed by atoms with Crippen LogP contribution in [0, 0.1) is 0 Å². The highest BCUT2D eigenvalue weighted by Gasteiger charge is 2.30. The van der Waals surface area contributed by atoms with Gasteiger partial charge in [0.15, 0.2) is 0 Å². The van der Waals surface area contributed by atoms with Crippen molar-refractivity contribution in [1.82, 2.24) is 5.32 Å². The average Bonchev–Trinajstić information content (AvgIpc) is 2.40. The van der Waals surface area contributed by atoms with E-state index in [2.05, 4.69) is 18.8 Å². The van der Waals surface area contributed by atoms with Gasteiger partial charge in [0.05, 0.1) is 14.7 Å². The molecule has 0 aromatic carbocycles. The molecule has 0 aliphatic carbocycles. The summed E-state index contributed by atoms with van der Waals surface area (Å²) in [7, 11) is -0.157. The number of hydrogen-bond acceptors (Lipinski definition) is 2. The van der Waals surface area contributed by atoms with Gasteiger partial charge in [0.25, 0.3) is 0 Å². The van der Waals surface area contributed by atoms with Crippen molar-refractivity contribution < 1.29 is 9.53 Å². The number of rotatable bonds is 8. The maximum Gasteiger partial charge on any atom is 0.219 e. The Hall–Kier alpha value is -0.353. The smallest absolute Gasteiger partial charge is 0.219 e. The number of nitrogens with one attached hydrogen (secondary N) is 1. The topological polar surface area (TPSA) is 38.3 Å². The third-order valence-corrected chi connectivity index (χ3v) is 6.17. The second-order valence-corrected chi connectivity index (χ2v) is 7.39. The Morgan fingerprint density at radius 3 is 2.83 bits per heavy atom. The summed E-state index contributed by atoms with van der Waals surface area (Å²) in [6.07, 6.45) is 8.72. The van der Waals surface area contributed by atoms with Crippen molar-refractivity contribution in [2.24, 2.45) is 0 Å². The first-order valence-corrected chi connectivity index (χ1v) is 9.75. The second kappa shape index (κ2) is 8.70. The largest absolute Gasteiger partial charge is 0.379 e. The summed E-state index contributed by atoms with van der Waals surface area (Å²) in [6.45, 7) is 6.25. The van der Waals surface area contributed by atoms with Gasteiger partial charge in [-0.2, -0.15) is 0 Å². The number of carbonyl (C=O) groups is 1. The Morgan fingerprint density at radius 2 is 2.22 bits per heavy atom. The molecule has 1 heterocycles. The van der Waals surface area contributed by atoms with Crippen LogP contribution in [0.5, 0.6) is 0 Å². The number of amides is 1. The highest BCUT2D eigenvalue weighted by atomic mass is 28.2. The molecule has 1 N–H and O–H groups in total. The summed E-state index contributed by atoms with van der Waals surface area (Å²) in [5.74, 6) is 0.215. The lowest BCUT2D eigenvalue weighted by molar-refractivity contribution is -0.121. The molecule has 0 aromatic heterocycles. The molecule has 0 spiro atoms. The van der Waals surface area contributed by atoms with Crippen molar-refractivity contribution in [3.8, 4) is 0 Å². The summed E-state index contributed by atoms with van der Waals surface area (Å²) >= 11 is 0. The summed E-state index contributed by atoms with van der Waals surface area (Å²) in [4.78, 5) is 11.6. The van der Waals surface area contributed by atoms with E-state index in [0.717, 1.165) is 38.8 Å². The van der Waals surface area contributed by atoms with Gasteiger partial charge in [-0.25, -0.2) is 0 Å². The lowest BCUT2D eigenvalue weighted by Gasteiger charge is -2.36. The Bertz CT molecular complexity index is 240. The molecule has 0 aromatic rings. The number of unbranched alkanes of at least 4 members (excludes halogenated alkanes) is 1. The standard InChI is InChI=1S/C14H29NO2Si/c1-3-4-11-15-13(16)8-7-10-14(18-2)9-5-6-12-17-14/h3-12,18H2,1-2H3,(H,15,16). The minimum Gasteiger partial charge on any atom is -0.379 e. The molecule has 1 unspecified atom stereocenters. The predicted molar refractivity (Wildman–Crippen MR) is 78.7 cm³/mol. The van der Waals surface area contributed by atoms with Crippen molar-refractivity contribution in [1.29, 1.82) is 0 Å². The first-order chi connectivity index (χ1) is 8.72. The molecule has 0 bridgehead atoms. The van der Waals surface area contributed by atoms with Crippen molar-refractivity contribution in [2.45, 2.75) is 70.1 Å². The number of carbonyl (C=O) groups excluding carboxylic acids is 1. The average molecular weight is 271 g/mol. The Balaban J connectivity index is 2.16. The van der Waals surface area contributed by atoms with E-state index in [0.29, 0.717) is 6.42 Å². The predicted octanol–water partition coefficient (Wildman–Crippen LogP) is 2.19. The molecule has 0 saturated carbocycles. The molecule has 1 fully saturated rings. The van der Waals surface area contributed by atoms with E-state index in [1.807, 2.05) is 0 Å². The van der Waals surface area contributed by atoms with Crippen LogP contribution in [-0.2, 0) is 9.53 Å². The SMILES string of the molecule is CCCCNC(=O)CCCC1([SiH2]C)CCCCO1. The fraction of sp³-hybridized carbons (Fsp3) is 0.929. The van der Waals surface area contributed by atoms with Crippen molar-refractivity contribution in [3.63, 3.8) is 0 Å². The molecule has 4 heteroatoms. The van der Waals surface area contributed by atoms with Crippen LogP contribution in [0.1, 0.15) is 58.3 Å². The van der Waals surface area contributed by atoms with Crippen LogP contribution in [-0.4, -0.2) is 33.8 Å². The Labute approximate surface area is 114 Å². The van der Waals surface area contributed by atoms with Gasteiger partial charge in [-0.1, -0.05) is 19.9 Å². The van der Waals surface area contributed by atoms with Gasteiger partial charge in [0.2, 0.25) is 5.91 Å². The van der Waals surface area contributed by atoms with Gasteiger partial charge in [0.1, 0.15) is 0 Å². The number of hydrogen-bond donors (Lipinski definition) is 1. The zero-order valence-electron chi connectivity index (χ0n) is 12.1. The fourth-order valence-electron chi connectivity index (χ4n) is 2.63. The second-order valence-electron chi connectivity index (χ2n) is 5.40. The van der Waals surface area contributed by atoms with Crippen LogP contribution in [0.3, 0.4) is 0 Å². The van der Waals surface area contributed by atoms with E-state index in [9.17, 15) is 4.79 Å². The molecular formula is C14H29NO2Si. The molecule has 18 heavy (non-hydrogen) atoms. The summed E-state index contributed by atoms with van der Waals surface area (Å²) in [5, 5.41) is 3.19. The van der Waals surface area contributed by atoms with E-state index >= 15 is 0 Å². The van der Waals surface area contributed by atoms with Gasteiger partial charge < -0.3 is 10.1 Å². The van der Waals surface area contributed by atoms with Crippen molar-refractivity contribution in [2.75, 3.05) is 13.2 Å². The van der Waals surface area contributed by atoms with Gasteiger partial charge in [0, 0.05) is 19.6 Å². The minimum atomic E-state index is -0.157. The number of ether oxygens (including phenoxy) is 1. The van der Waals surface area contributed by atoms with Crippen LogP contribution >= 0.6 is 0 Å². The highest BCUT2D eigenvalue weighted by Crippen LogP contribution is 2.28. The lowest BCUT2D eigenvalue weighted by atomic mass is 10.0. The van der Waals surface area contributed by atoms with Crippen LogP contribution in [0.2, 0.25) is 6.55 Å². The molecule has 1 saturated heterocycles. The summed E-state index contributed by atoms with van der Waals surface area (Å²) in [5.41, 5.74) is 0. The highest BCUT2D eigenvalue weighted by molar-refractivity contribution is 6.37. The molecule has 1 rings (SSSR count). The normalized spacial score (nSPS) is 24.6. The van der Waals surface area contributed by atoms with E-state index in [1.165, 1.54) is 19.3 Å². The molecule has 3 nitrogen and oxygen atoms in total.